The van der Waals surface area contributed by atoms with Crippen molar-refractivity contribution in [3.63, 3.8) is 0 Å². The lowest BCUT2D eigenvalue weighted by molar-refractivity contribution is 0.183. The van der Waals surface area contributed by atoms with Gasteiger partial charge in [0.2, 0.25) is 0 Å². The topological polar surface area (TPSA) is 39.7 Å². The molecule has 1 atom stereocenters. The van der Waals surface area contributed by atoms with Crippen molar-refractivity contribution in [1.29, 1.82) is 0 Å². The molecule has 2 heterocycles. The van der Waals surface area contributed by atoms with Crippen LogP contribution in [0.2, 0.25) is 0 Å². The summed E-state index contributed by atoms with van der Waals surface area (Å²) in [6.45, 7) is 9.92. The zero-order valence-corrected chi connectivity index (χ0v) is 17.0. The Bertz CT molecular complexity index is 461. The van der Waals surface area contributed by atoms with Crippen LogP contribution in [-0.2, 0) is 6.54 Å². The Balaban J connectivity index is 0.00000242. The molecule has 0 saturated carbocycles. The van der Waals surface area contributed by atoms with Crippen LogP contribution in [-0.4, -0.2) is 44.1 Å². The van der Waals surface area contributed by atoms with Crippen molar-refractivity contribution in [3.05, 3.63) is 21.9 Å². The summed E-state index contributed by atoms with van der Waals surface area (Å²) in [7, 11) is 1.84. The van der Waals surface area contributed by atoms with Gasteiger partial charge in [0.1, 0.15) is 0 Å². The Morgan fingerprint density at radius 2 is 2.27 bits per heavy atom. The molecule has 22 heavy (non-hydrogen) atoms. The summed E-state index contributed by atoms with van der Waals surface area (Å²) in [5.41, 5.74) is 1.36. The highest BCUT2D eigenvalue weighted by Gasteiger charge is 2.18. The van der Waals surface area contributed by atoms with E-state index in [1.165, 1.54) is 42.9 Å². The lowest BCUT2D eigenvalue weighted by Crippen LogP contribution is -2.44. The van der Waals surface area contributed by atoms with Crippen LogP contribution in [0, 0.1) is 12.8 Å². The molecule has 0 aromatic carbocycles. The molecule has 1 aromatic rings. The minimum absolute atomic E-state index is 0. The van der Waals surface area contributed by atoms with Gasteiger partial charge in [-0.1, -0.05) is 6.92 Å². The molecule has 1 aromatic heterocycles. The fourth-order valence-electron chi connectivity index (χ4n) is 2.82. The average Bonchev–Trinajstić information content (AvgIpc) is 2.93. The Labute approximate surface area is 155 Å². The van der Waals surface area contributed by atoms with Gasteiger partial charge in [0.25, 0.3) is 0 Å². The van der Waals surface area contributed by atoms with E-state index in [0.29, 0.717) is 0 Å². The number of hydrogen-bond acceptors (Lipinski definition) is 3. The summed E-state index contributed by atoms with van der Waals surface area (Å²) in [5.74, 6) is 1.65. The molecular formula is C16H29IN4S. The van der Waals surface area contributed by atoms with E-state index < -0.39 is 0 Å². The first-order valence-corrected chi connectivity index (χ1v) is 8.80. The highest BCUT2D eigenvalue weighted by molar-refractivity contribution is 14.0. The molecule has 1 aliphatic heterocycles. The molecule has 4 nitrogen and oxygen atoms in total. The molecule has 0 spiro atoms. The summed E-state index contributed by atoms with van der Waals surface area (Å²) >= 11 is 1.80. The highest BCUT2D eigenvalue weighted by atomic mass is 127. The number of rotatable bonds is 5. The normalized spacial score (nSPS) is 19.6. The number of aliphatic imine (C=N–C) groups is 1. The van der Waals surface area contributed by atoms with Crippen LogP contribution in [0.15, 0.2) is 16.4 Å². The van der Waals surface area contributed by atoms with E-state index >= 15 is 0 Å². The number of hydrogen-bond donors (Lipinski definition) is 2. The lowest BCUT2D eigenvalue weighted by atomic mass is 9.98. The number of nitrogens with zero attached hydrogens (tertiary/aromatic N) is 2. The van der Waals surface area contributed by atoms with E-state index in [4.69, 9.17) is 0 Å². The van der Waals surface area contributed by atoms with Crippen molar-refractivity contribution >= 4 is 41.3 Å². The molecular weight excluding hydrogens is 407 g/mol. The van der Waals surface area contributed by atoms with Crippen molar-refractivity contribution in [2.24, 2.45) is 10.9 Å². The van der Waals surface area contributed by atoms with Crippen LogP contribution < -0.4 is 10.6 Å². The number of thiophene rings is 1. The summed E-state index contributed by atoms with van der Waals surface area (Å²) in [4.78, 5) is 8.25. The van der Waals surface area contributed by atoms with Gasteiger partial charge in [-0.3, -0.25) is 4.99 Å². The second-order valence-corrected chi connectivity index (χ2v) is 6.74. The largest absolute Gasteiger partial charge is 0.356 e. The van der Waals surface area contributed by atoms with Crippen LogP contribution in [0.5, 0.6) is 0 Å². The second-order valence-electron chi connectivity index (χ2n) is 5.73. The van der Waals surface area contributed by atoms with Crippen LogP contribution >= 0.6 is 35.3 Å². The SMILES string of the molecule is CCN1CCCC(CNC(=NC)NCc2sccc2C)C1.I. The molecule has 6 heteroatoms. The summed E-state index contributed by atoms with van der Waals surface area (Å²) < 4.78 is 0. The van der Waals surface area contributed by atoms with Gasteiger partial charge in [-0.25, -0.2) is 0 Å². The number of nitrogens with one attached hydrogen (secondary N) is 2. The molecule has 0 aliphatic carbocycles. The molecule has 0 amide bonds. The fourth-order valence-corrected chi connectivity index (χ4v) is 3.66. The standard InChI is InChI=1S/C16H28N4S.HI/c1-4-20-8-5-6-14(12-20)10-18-16(17-3)19-11-15-13(2)7-9-21-15;/h7,9,14H,4-6,8,10-12H2,1-3H3,(H2,17,18,19);1H. The number of piperidine rings is 1. The van der Waals surface area contributed by atoms with Gasteiger partial charge >= 0.3 is 0 Å². The third-order valence-corrected chi connectivity index (χ3v) is 5.24. The van der Waals surface area contributed by atoms with Crippen molar-refractivity contribution < 1.29 is 0 Å². The third-order valence-electron chi connectivity index (χ3n) is 4.22. The van der Waals surface area contributed by atoms with E-state index in [-0.39, 0.29) is 24.0 Å². The van der Waals surface area contributed by atoms with E-state index in [2.05, 4.69) is 45.8 Å². The van der Waals surface area contributed by atoms with Crippen molar-refractivity contribution in [1.82, 2.24) is 15.5 Å². The minimum Gasteiger partial charge on any atom is -0.356 e. The van der Waals surface area contributed by atoms with Crippen LogP contribution in [0.4, 0.5) is 0 Å². The molecule has 1 saturated heterocycles. The van der Waals surface area contributed by atoms with Gasteiger partial charge in [-0.15, -0.1) is 35.3 Å². The number of aryl methyl sites for hydroxylation is 1. The molecule has 0 radical (unpaired) electrons. The highest BCUT2D eigenvalue weighted by Crippen LogP contribution is 2.16. The van der Waals surface area contributed by atoms with E-state index in [1.54, 1.807) is 11.3 Å². The fraction of sp³-hybridized carbons (Fsp3) is 0.688. The number of guanidine groups is 1. The third kappa shape index (κ3) is 6.04. The van der Waals surface area contributed by atoms with Crippen LogP contribution in [0.1, 0.15) is 30.2 Å². The average molecular weight is 436 g/mol. The van der Waals surface area contributed by atoms with Crippen LogP contribution in [0.3, 0.4) is 0 Å². The van der Waals surface area contributed by atoms with Crippen molar-refractivity contribution in [2.75, 3.05) is 33.2 Å². The molecule has 0 bridgehead atoms. The molecule has 2 rings (SSSR count). The monoisotopic (exact) mass is 436 g/mol. The Hall–Kier alpha value is -0.340. The maximum absolute atomic E-state index is 4.33. The predicted octanol–water partition coefficient (Wildman–Crippen LogP) is 3.07. The second kappa shape index (κ2) is 10.4. The Morgan fingerprint density at radius 1 is 1.45 bits per heavy atom. The molecule has 1 aliphatic rings. The van der Waals surface area contributed by atoms with Gasteiger partial charge in [0, 0.05) is 25.0 Å². The Morgan fingerprint density at radius 3 is 2.91 bits per heavy atom. The Kier molecular flexibility index (Phi) is 9.35. The van der Waals surface area contributed by atoms with Crippen molar-refractivity contribution in [2.45, 2.75) is 33.2 Å². The van der Waals surface area contributed by atoms with Crippen molar-refractivity contribution in [3.8, 4) is 0 Å². The predicted molar refractivity (Wildman–Crippen MR) is 108 cm³/mol. The van der Waals surface area contributed by atoms with Crippen LogP contribution in [0.25, 0.3) is 0 Å². The van der Waals surface area contributed by atoms with Gasteiger partial charge < -0.3 is 15.5 Å². The number of halogens is 1. The number of likely N-dealkylation sites (tertiary alicyclic amines) is 1. The maximum atomic E-state index is 4.33. The molecule has 1 unspecified atom stereocenters. The lowest BCUT2D eigenvalue weighted by Gasteiger charge is -2.32. The summed E-state index contributed by atoms with van der Waals surface area (Å²) in [6, 6.07) is 2.17. The van der Waals surface area contributed by atoms with E-state index in [9.17, 15) is 0 Å². The van der Waals surface area contributed by atoms with E-state index in [0.717, 1.165) is 25.0 Å². The summed E-state index contributed by atoms with van der Waals surface area (Å²) in [6.07, 6.45) is 2.64. The first-order chi connectivity index (χ1) is 10.2. The molecule has 2 N–H and O–H groups in total. The van der Waals surface area contributed by atoms with Gasteiger partial charge in [0.15, 0.2) is 5.96 Å². The van der Waals surface area contributed by atoms with E-state index in [1.807, 2.05) is 7.05 Å². The first-order valence-electron chi connectivity index (χ1n) is 7.92. The smallest absolute Gasteiger partial charge is 0.191 e. The maximum Gasteiger partial charge on any atom is 0.191 e. The molecule has 126 valence electrons. The first kappa shape index (κ1) is 19.7. The van der Waals surface area contributed by atoms with Gasteiger partial charge in [-0.2, -0.15) is 0 Å². The zero-order valence-electron chi connectivity index (χ0n) is 13.9. The quantitative estimate of drug-likeness (QED) is 0.424. The molecule has 1 fully saturated rings. The van der Waals surface area contributed by atoms with Gasteiger partial charge in [-0.05, 0) is 55.8 Å². The minimum atomic E-state index is 0. The van der Waals surface area contributed by atoms with Gasteiger partial charge in [0.05, 0.1) is 6.54 Å². The zero-order chi connectivity index (χ0) is 15.1. The summed E-state index contributed by atoms with van der Waals surface area (Å²) in [5, 5.41) is 9.04.